The molecule has 1 rings (SSSR count). The molecule has 6 nitrogen and oxygen atoms in total. The first-order valence-electron chi connectivity index (χ1n) is 8.54. The van der Waals surface area contributed by atoms with Gasteiger partial charge in [0, 0.05) is 32.3 Å². The Morgan fingerprint density at radius 3 is 2.26 bits per heavy atom. The molecule has 0 unspecified atom stereocenters. The molecule has 0 aromatic rings. The third-order valence-electron chi connectivity index (χ3n) is 4.33. The third-order valence-corrected chi connectivity index (χ3v) is 5.74. The predicted octanol–water partition coefficient (Wildman–Crippen LogP) is 1.71. The molecule has 136 valence electrons. The van der Waals surface area contributed by atoms with Crippen LogP contribution < -0.4 is 0 Å². The molecule has 1 aliphatic rings. The van der Waals surface area contributed by atoms with Crippen LogP contribution in [0.4, 0.5) is 0 Å². The molecule has 1 aliphatic heterocycles. The van der Waals surface area contributed by atoms with Gasteiger partial charge in [-0.1, -0.05) is 20.8 Å². The Kier molecular flexibility index (Phi) is 7.97. The maximum absolute atomic E-state index is 12.4. The minimum absolute atomic E-state index is 0.00350. The van der Waals surface area contributed by atoms with Crippen molar-refractivity contribution in [1.82, 2.24) is 9.21 Å². The first-order chi connectivity index (χ1) is 10.7. The van der Waals surface area contributed by atoms with E-state index in [2.05, 4.69) is 13.8 Å². The van der Waals surface area contributed by atoms with Crippen molar-refractivity contribution in [2.75, 3.05) is 32.5 Å². The lowest BCUT2D eigenvalue weighted by Crippen LogP contribution is -2.50. The van der Waals surface area contributed by atoms with Crippen molar-refractivity contribution < 1.29 is 17.9 Å². The fraction of sp³-hybridized carbons (Fsp3) is 0.938. The van der Waals surface area contributed by atoms with E-state index in [-0.39, 0.29) is 11.9 Å². The van der Waals surface area contributed by atoms with Crippen molar-refractivity contribution in [2.45, 2.75) is 59.1 Å². The summed E-state index contributed by atoms with van der Waals surface area (Å²) in [5.41, 5.74) is 0. The molecule has 1 saturated heterocycles. The van der Waals surface area contributed by atoms with E-state index >= 15 is 0 Å². The number of sulfonamides is 1. The zero-order chi connectivity index (χ0) is 17.6. The number of carbonyl (C=O) groups excluding carboxylic acids is 1. The van der Waals surface area contributed by atoms with Gasteiger partial charge < -0.3 is 9.64 Å². The maximum atomic E-state index is 12.4. The summed E-state index contributed by atoms with van der Waals surface area (Å²) in [6.45, 7) is 10.2. The van der Waals surface area contributed by atoms with Crippen LogP contribution in [0.25, 0.3) is 0 Å². The van der Waals surface area contributed by atoms with E-state index < -0.39 is 16.1 Å². The first-order valence-corrected chi connectivity index (χ1v) is 10.4. The fourth-order valence-electron chi connectivity index (χ4n) is 2.95. The van der Waals surface area contributed by atoms with E-state index in [1.807, 2.05) is 6.92 Å². The predicted molar refractivity (Wildman–Crippen MR) is 91.7 cm³/mol. The summed E-state index contributed by atoms with van der Waals surface area (Å²) in [4.78, 5) is 14.2. The van der Waals surface area contributed by atoms with Crippen LogP contribution in [0.2, 0.25) is 0 Å². The Labute approximate surface area is 141 Å². The molecule has 0 bridgehead atoms. The number of rotatable bonds is 8. The summed E-state index contributed by atoms with van der Waals surface area (Å²) in [5.74, 6) is 0.568. The summed E-state index contributed by atoms with van der Waals surface area (Å²) in [6, 6.07) is -0.00350. The molecule has 0 spiro atoms. The van der Waals surface area contributed by atoms with E-state index in [0.717, 1.165) is 6.42 Å². The van der Waals surface area contributed by atoms with E-state index in [1.54, 1.807) is 11.8 Å². The van der Waals surface area contributed by atoms with Crippen LogP contribution in [0.3, 0.4) is 0 Å². The molecular formula is C16H32N2O4S. The van der Waals surface area contributed by atoms with Gasteiger partial charge in [0.05, 0.1) is 6.26 Å². The monoisotopic (exact) mass is 348 g/mol. The minimum atomic E-state index is -3.18. The van der Waals surface area contributed by atoms with Crippen LogP contribution in [-0.4, -0.2) is 68.2 Å². The lowest BCUT2D eigenvalue weighted by molar-refractivity contribution is -0.144. The molecule has 0 radical (unpaired) electrons. The molecule has 1 heterocycles. The molecule has 1 fully saturated rings. The molecule has 0 aromatic heterocycles. The summed E-state index contributed by atoms with van der Waals surface area (Å²) in [6.07, 6.45) is 3.14. The smallest absolute Gasteiger partial charge is 0.251 e. The van der Waals surface area contributed by atoms with Crippen LogP contribution in [0.15, 0.2) is 0 Å². The van der Waals surface area contributed by atoms with Gasteiger partial charge in [0.2, 0.25) is 10.0 Å². The second kappa shape index (κ2) is 8.99. The zero-order valence-corrected chi connectivity index (χ0v) is 15.9. The lowest BCUT2D eigenvalue weighted by Gasteiger charge is -2.37. The van der Waals surface area contributed by atoms with Crippen molar-refractivity contribution in [3.63, 3.8) is 0 Å². The molecular weight excluding hydrogens is 316 g/mol. The Morgan fingerprint density at radius 2 is 1.83 bits per heavy atom. The average Bonchev–Trinajstić information content (AvgIpc) is 2.46. The number of nitrogens with zero attached hydrogens (tertiary/aromatic N) is 2. The molecule has 0 aliphatic carbocycles. The number of hydrogen-bond acceptors (Lipinski definition) is 4. The fourth-order valence-corrected chi connectivity index (χ4v) is 4.17. The van der Waals surface area contributed by atoms with Crippen molar-refractivity contribution in [1.29, 1.82) is 0 Å². The second-order valence-electron chi connectivity index (χ2n) is 6.72. The molecule has 1 amide bonds. The molecule has 23 heavy (non-hydrogen) atoms. The molecule has 0 aromatic carbocycles. The topological polar surface area (TPSA) is 66.9 Å². The van der Waals surface area contributed by atoms with E-state index in [9.17, 15) is 13.2 Å². The highest BCUT2D eigenvalue weighted by Crippen LogP contribution is 2.20. The van der Waals surface area contributed by atoms with Crippen LogP contribution in [0.1, 0.15) is 47.0 Å². The average molecular weight is 349 g/mol. The highest BCUT2D eigenvalue weighted by Gasteiger charge is 2.31. The Hall–Kier alpha value is -0.660. The second-order valence-corrected chi connectivity index (χ2v) is 8.65. The molecule has 1 atom stereocenters. The van der Waals surface area contributed by atoms with Gasteiger partial charge in [-0.25, -0.2) is 8.42 Å². The van der Waals surface area contributed by atoms with Gasteiger partial charge in [0.1, 0.15) is 6.10 Å². The zero-order valence-electron chi connectivity index (χ0n) is 15.1. The van der Waals surface area contributed by atoms with Gasteiger partial charge in [0.15, 0.2) is 0 Å². The normalized spacial score (nSPS) is 18.7. The number of amides is 1. The maximum Gasteiger partial charge on any atom is 0.251 e. The lowest BCUT2D eigenvalue weighted by atomic mass is 10.0. The molecule has 7 heteroatoms. The van der Waals surface area contributed by atoms with Crippen molar-refractivity contribution >= 4 is 15.9 Å². The Bertz CT molecular complexity index is 470. The van der Waals surface area contributed by atoms with Crippen molar-refractivity contribution in [3.8, 4) is 0 Å². The first kappa shape index (κ1) is 20.4. The number of piperidine rings is 1. The van der Waals surface area contributed by atoms with Crippen LogP contribution in [-0.2, 0) is 19.6 Å². The third kappa shape index (κ3) is 6.39. The number of likely N-dealkylation sites (tertiary alicyclic amines) is 1. The van der Waals surface area contributed by atoms with Gasteiger partial charge in [-0.05, 0) is 32.1 Å². The number of ether oxygens (including phenoxy) is 1. The van der Waals surface area contributed by atoms with Crippen molar-refractivity contribution in [2.24, 2.45) is 5.92 Å². The van der Waals surface area contributed by atoms with E-state index in [1.165, 1.54) is 10.6 Å². The molecule has 0 saturated carbocycles. The van der Waals surface area contributed by atoms with Crippen molar-refractivity contribution in [3.05, 3.63) is 0 Å². The van der Waals surface area contributed by atoms with E-state index in [0.29, 0.717) is 45.0 Å². The summed E-state index contributed by atoms with van der Waals surface area (Å²) in [5, 5.41) is 0. The number of carbonyl (C=O) groups is 1. The quantitative estimate of drug-likeness (QED) is 0.670. The van der Waals surface area contributed by atoms with Gasteiger partial charge in [0.25, 0.3) is 5.91 Å². The van der Waals surface area contributed by atoms with E-state index in [4.69, 9.17) is 4.74 Å². The van der Waals surface area contributed by atoms with Crippen LogP contribution >= 0.6 is 0 Å². The van der Waals surface area contributed by atoms with Crippen LogP contribution in [0, 0.1) is 5.92 Å². The van der Waals surface area contributed by atoms with Gasteiger partial charge in [-0.15, -0.1) is 0 Å². The SMILES string of the molecule is CCN(C1CCN(C(=O)[C@@H](C)OCCC(C)C)CC1)S(C)(=O)=O. The van der Waals surface area contributed by atoms with Gasteiger partial charge >= 0.3 is 0 Å². The summed E-state index contributed by atoms with van der Waals surface area (Å²) in [7, 11) is -3.18. The number of hydrogen-bond donors (Lipinski definition) is 0. The summed E-state index contributed by atoms with van der Waals surface area (Å²) >= 11 is 0. The largest absolute Gasteiger partial charge is 0.369 e. The Balaban J connectivity index is 2.47. The standard InChI is InChI=1S/C16H32N2O4S/c1-6-18(23(5,20)21)15-7-10-17(11-8-15)16(19)14(4)22-12-9-13(2)3/h13-15H,6-12H2,1-5H3/t14-/m1/s1. The highest BCUT2D eigenvalue weighted by molar-refractivity contribution is 7.88. The van der Waals surface area contributed by atoms with Gasteiger partial charge in [-0.2, -0.15) is 4.31 Å². The summed E-state index contributed by atoms with van der Waals surface area (Å²) < 4.78 is 30.7. The Morgan fingerprint density at radius 1 is 1.26 bits per heavy atom. The van der Waals surface area contributed by atoms with Crippen LogP contribution in [0.5, 0.6) is 0 Å². The van der Waals surface area contributed by atoms with Gasteiger partial charge in [-0.3, -0.25) is 4.79 Å². The molecule has 0 N–H and O–H groups in total. The highest BCUT2D eigenvalue weighted by atomic mass is 32.2. The minimum Gasteiger partial charge on any atom is -0.369 e.